The van der Waals surface area contributed by atoms with Gasteiger partial charge in [-0.05, 0) is 19.3 Å². The number of carboxylic acids is 1. The van der Waals surface area contributed by atoms with Gasteiger partial charge in [0.2, 0.25) is 6.54 Å². The van der Waals surface area contributed by atoms with Crippen molar-refractivity contribution < 1.29 is 14.8 Å². The summed E-state index contributed by atoms with van der Waals surface area (Å²) in [5.74, 6) is -0.876. The first-order valence-electron chi connectivity index (χ1n) is 5.83. The van der Waals surface area contributed by atoms with Crippen LogP contribution in [0.25, 0.3) is 0 Å². The number of thioether (sulfide) groups is 1. The molecular weight excluding hydrogens is 242 g/mol. The maximum absolute atomic E-state index is 11.5. The first-order valence-corrected chi connectivity index (χ1v) is 6.71. The van der Waals surface area contributed by atoms with Crippen LogP contribution in [0.5, 0.6) is 0 Å². The lowest BCUT2D eigenvalue weighted by Crippen LogP contribution is -2.43. The van der Waals surface area contributed by atoms with Crippen LogP contribution in [0.2, 0.25) is 0 Å². The van der Waals surface area contributed by atoms with E-state index in [-0.39, 0.29) is 17.7 Å². The highest BCUT2D eigenvalue weighted by molar-refractivity contribution is 8.02. The molecule has 0 aromatic heterocycles. The van der Waals surface area contributed by atoms with Gasteiger partial charge in [-0.1, -0.05) is 27.2 Å². The summed E-state index contributed by atoms with van der Waals surface area (Å²) in [6.45, 7) is 7.17. The highest BCUT2D eigenvalue weighted by Gasteiger charge is 2.43. The van der Waals surface area contributed by atoms with Crippen LogP contribution in [-0.4, -0.2) is 32.5 Å². The molecule has 0 rings (SSSR count). The van der Waals surface area contributed by atoms with E-state index in [1.54, 1.807) is 6.92 Å². The number of nitrogens with zero attached hydrogens (tertiary/aromatic N) is 1. The Balaban J connectivity index is 4.92. The molecule has 0 aromatic carbocycles. The van der Waals surface area contributed by atoms with Crippen molar-refractivity contribution in [2.45, 2.75) is 50.5 Å². The molecule has 3 atom stereocenters. The van der Waals surface area contributed by atoms with Gasteiger partial charge in [-0.3, -0.25) is 14.9 Å². The molecule has 5 nitrogen and oxygen atoms in total. The van der Waals surface area contributed by atoms with Crippen LogP contribution in [0, 0.1) is 16.0 Å². The first kappa shape index (κ1) is 16.2. The molecule has 6 heteroatoms. The Hall–Kier alpha value is -0.780. The van der Waals surface area contributed by atoms with Gasteiger partial charge in [0.15, 0.2) is 0 Å². The van der Waals surface area contributed by atoms with Crippen molar-refractivity contribution in [1.82, 2.24) is 0 Å². The quantitative estimate of drug-likeness (QED) is 0.538. The lowest BCUT2D eigenvalue weighted by Gasteiger charge is -2.34. The Labute approximate surface area is 106 Å². The SMILES string of the molecule is CCC(C)C(CC)(SC(C)C[N+](=O)[O-])C(=O)O. The summed E-state index contributed by atoms with van der Waals surface area (Å²) >= 11 is 1.22. The molecule has 3 unspecified atom stereocenters. The van der Waals surface area contributed by atoms with Gasteiger partial charge in [0, 0.05) is 4.92 Å². The molecule has 100 valence electrons. The summed E-state index contributed by atoms with van der Waals surface area (Å²) in [6, 6.07) is 0. The number of hydrogen-bond acceptors (Lipinski definition) is 4. The number of carboxylic acid groups (broad SMARTS) is 1. The zero-order valence-electron chi connectivity index (χ0n) is 10.8. The van der Waals surface area contributed by atoms with Crippen molar-refractivity contribution in [1.29, 1.82) is 0 Å². The van der Waals surface area contributed by atoms with Gasteiger partial charge in [-0.15, -0.1) is 11.8 Å². The fourth-order valence-corrected chi connectivity index (χ4v) is 3.48. The van der Waals surface area contributed by atoms with E-state index in [2.05, 4.69) is 0 Å². The third-order valence-corrected chi connectivity index (χ3v) is 4.95. The summed E-state index contributed by atoms with van der Waals surface area (Å²) in [5.41, 5.74) is 0. The lowest BCUT2D eigenvalue weighted by molar-refractivity contribution is -0.478. The van der Waals surface area contributed by atoms with Gasteiger partial charge in [-0.25, -0.2) is 0 Å². The van der Waals surface area contributed by atoms with E-state index in [1.165, 1.54) is 11.8 Å². The smallest absolute Gasteiger partial charge is 0.320 e. The zero-order valence-corrected chi connectivity index (χ0v) is 11.6. The number of nitro groups is 1. The molecule has 0 aliphatic heterocycles. The molecule has 0 fully saturated rings. The normalized spacial score (nSPS) is 18.1. The molecule has 0 aliphatic carbocycles. The predicted octanol–water partition coefficient (Wildman–Crippen LogP) is 2.66. The summed E-state index contributed by atoms with van der Waals surface area (Å²) in [4.78, 5) is 21.5. The molecule has 0 heterocycles. The van der Waals surface area contributed by atoms with Crippen LogP contribution in [0.3, 0.4) is 0 Å². The van der Waals surface area contributed by atoms with E-state index in [9.17, 15) is 20.0 Å². The maximum Gasteiger partial charge on any atom is 0.320 e. The number of carbonyl (C=O) groups is 1. The van der Waals surface area contributed by atoms with E-state index in [1.807, 2.05) is 20.8 Å². The monoisotopic (exact) mass is 263 g/mol. The summed E-state index contributed by atoms with van der Waals surface area (Å²) in [6.07, 6.45) is 1.22. The Kier molecular flexibility index (Phi) is 6.52. The van der Waals surface area contributed by atoms with Crippen LogP contribution >= 0.6 is 11.8 Å². The molecule has 0 saturated heterocycles. The molecule has 0 amide bonds. The molecule has 0 aromatic rings. The molecule has 0 saturated carbocycles. The summed E-state index contributed by atoms with van der Waals surface area (Å²) < 4.78 is -0.913. The fourth-order valence-electron chi connectivity index (χ4n) is 1.90. The summed E-state index contributed by atoms with van der Waals surface area (Å²) in [7, 11) is 0. The molecule has 0 bridgehead atoms. The second-order valence-corrected chi connectivity index (χ2v) is 6.07. The van der Waals surface area contributed by atoms with Crippen molar-refractivity contribution in [2.24, 2.45) is 5.92 Å². The summed E-state index contributed by atoms with van der Waals surface area (Å²) in [5, 5.41) is 19.6. The van der Waals surface area contributed by atoms with Gasteiger partial charge in [-0.2, -0.15) is 0 Å². The minimum absolute atomic E-state index is 0.01000. The third kappa shape index (κ3) is 4.18. The zero-order chi connectivity index (χ0) is 13.6. The van der Waals surface area contributed by atoms with E-state index >= 15 is 0 Å². The van der Waals surface area contributed by atoms with Crippen molar-refractivity contribution in [3.63, 3.8) is 0 Å². The Bertz CT molecular complexity index is 285. The molecule has 0 radical (unpaired) electrons. The lowest BCUT2D eigenvalue weighted by atomic mass is 9.88. The fraction of sp³-hybridized carbons (Fsp3) is 0.909. The highest BCUT2D eigenvalue weighted by Crippen LogP contribution is 2.41. The average molecular weight is 263 g/mol. The second kappa shape index (κ2) is 6.83. The van der Waals surface area contributed by atoms with Crippen LogP contribution in [0.1, 0.15) is 40.5 Å². The van der Waals surface area contributed by atoms with Gasteiger partial charge in [0.05, 0.1) is 5.25 Å². The maximum atomic E-state index is 11.5. The molecule has 17 heavy (non-hydrogen) atoms. The Morgan fingerprint density at radius 2 is 2.00 bits per heavy atom. The minimum Gasteiger partial charge on any atom is -0.480 e. The highest BCUT2D eigenvalue weighted by atomic mass is 32.2. The van der Waals surface area contributed by atoms with E-state index in [0.717, 1.165) is 6.42 Å². The van der Waals surface area contributed by atoms with Gasteiger partial charge in [0.1, 0.15) is 4.75 Å². The second-order valence-electron chi connectivity index (χ2n) is 4.30. The van der Waals surface area contributed by atoms with Gasteiger partial charge >= 0.3 is 5.97 Å². The van der Waals surface area contributed by atoms with E-state index in [4.69, 9.17) is 0 Å². The predicted molar refractivity (Wildman–Crippen MR) is 69.0 cm³/mol. The topological polar surface area (TPSA) is 80.4 Å². The number of rotatable bonds is 8. The van der Waals surface area contributed by atoms with Gasteiger partial charge in [0.25, 0.3) is 0 Å². The molecule has 1 N–H and O–H groups in total. The number of hydrogen-bond donors (Lipinski definition) is 1. The molecule has 0 aliphatic rings. The van der Waals surface area contributed by atoms with Crippen molar-refractivity contribution >= 4 is 17.7 Å². The Morgan fingerprint density at radius 1 is 1.47 bits per heavy atom. The van der Waals surface area contributed by atoms with E-state index < -0.39 is 15.6 Å². The molecular formula is C11H21NO4S. The van der Waals surface area contributed by atoms with Crippen LogP contribution in [0.4, 0.5) is 0 Å². The third-order valence-electron chi connectivity index (χ3n) is 3.11. The van der Waals surface area contributed by atoms with Crippen LogP contribution in [-0.2, 0) is 4.79 Å². The van der Waals surface area contributed by atoms with Crippen LogP contribution < -0.4 is 0 Å². The van der Waals surface area contributed by atoms with Gasteiger partial charge < -0.3 is 5.11 Å². The molecule has 0 spiro atoms. The minimum atomic E-state index is -0.913. The van der Waals surface area contributed by atoms with Crippen molar-refractivity contribution in [3.05, 3.63) is 10.1 Å². The standard InChI is InChI=1S/C11H21NO4S/c1-5-8(3)11(6-2,10(13)14)17-9(4)7-12(15)16/h8-9H,5-7H2,1-4H3,(H,13,14). The Morgan fingerprint density at radius 3 is 2.29 bits per heavy atom. The number of aliphatic carboxylic acids is 1. The largest absolute Gasteiger partial charge is 0.480 e. The van der Waals surface area contributed by atoms with Crippen LogP contribution in [0.15, 0.2) is 0 Å². The van der Waals surface area contributed by atoms with Crippen molar-refractivity contribution in [2.75, 3.05) is 6.54 Å². The van der Waals surface area contributed by atoms with E-state index in [0.29, 0.717) is 6.42 Å². The first-order chi connectivity index (χ1) is 7.80. The average Bonchev–Trinajstić information content (AvgIpc) is 2.23. The van der Waals surface area contributed by atoms with Crippen molar-refractivity contribution in [3.8, 4) is 0 Å².